The van der Waals surface area contributed by atoms with Crippen LogP contribution in [0.3, 0.4) is 0 Å². The minimum atomic E-state index is 0.771. The van der Waals surface area contributed by atoms with E-state index in [9.17, 15) is 0 Å². The minimum absolute atomic E-state index is 0.771. The number of rotatable bonds is 2. The van der Waals surface area contributed by atoms with Crippen molar-refractivity contribution in [1.29, 1.82) is 0 Å². The average Bonchev–Trinajstić information content (AvgIpc) is 2.68. The van der Waals surface area contributed by atoms with E-state index in [0.29, 0.717) is 0 Å². The highest BCUT2D eigenvalue weighted by atomic mass is 32.1. The Bertz CT molecular complexity index is 432. The first kappa shape index (κ1) is 9.09. The Morgan fingerprint density at radius 2 is 2.07 bits per heavy atom. The predicted molar refractivity (Wildman–Crippen MR) is 59.7 cm³/mol. The summed E-state index contributed by atoms with van der Waals surface area (Å²) in [6, 6.07) is 3.87. The van der Waals surface area contributed by atoms with Crippen LogP contribution in [-0.4, -0.2) is 9.97 Å². The summed E-state index contributed by atoms with van der Waals surface area (Å²) in [5, 5.41) is 2.05. The molecule has 0 atom stereocenters. The normalized spacial score (nSPS) is 10.9. The molecule has 1 radical (unpaired) electrons. The van der Waals surface area contributed by atoms with Crippen molar-refractivity contribution in [2.24, 2.45) is 0 Å². The van der Waals surface area contributed by atoms with Crippen molar-refractivity contribution in [3.63, 3.8) is 0 Å². The molecular weight excluding hydrogens is 192 g/mol. The van der Waals surface area contributed by atoms with Crippen LogP contribution in [0.5, 0.6) is 0 Å². The molecule has 0 saturated carbocycles. The van der Waals surface area contributed by atoms with E-state index in [4.69, 9.17) is 0 Å². The van der Waals surface area contributed by atoms with Crippen molar-refractivity contribution in [3.05, 3.63) is 47.8 Å². The fourth-order valence-corrected chi connectivity index (χ4v) is 1.93. The van der Waals surface area contributed by atoms with Crippen LogP contribution < -0.4 is 0 Å². The number of allylic oxidation sites excluding steroid dienone is 1. The molecule has 0 unspecified atom stereocenters. The average molecular weight is 201 g/mol. The lowest BCUT2D eigenvalue weighted by Crippen LogP contribution is -1.83. The summed E-state index contributed by atoms with van der Waals surface area (Å²) < 4.78 is 0. The van der Waals surface area contributed by atoms with Gasteiger partial charge in [-0.1, -0.05) is 6.08 Å². The molecule has 2 nitrogen and oxygen atoms in total. The van der Waals surface area contributed by atoms with Crippen molar-refractivity contribution in [1.82, 2.24) is 9.97 Å². The largest absolute Gasteiger partial charge is 0.237 e. The van der Waals surface area contributed by atoms with E-state index in [2.05, 4.69) is 23.0 Å². The third kappa shape index (κ3) is 1.88. The summed E-state index contributed by atoms with van der Waals surface area (Å²) in [7, 11) is 0. The molecule has 0 spiro atoms. The van der Waals surface area contributed by atoms with E-state index in [1.807, 2.05) is 17.5 Å². The zero-order chi connectivity index (χ0) is 9.80. The maximum absolute atomic E-state index is 4.18. The number of nitrogens with zero attached hydrogens (tertiary/aromatic N) is 2. The summed E-state index contributed by atoms with van der Waals surface area (Å²) in [6.45, 7) is 3.66. The highest BCUT2D eigenvalue weighted by Gasteiger charge is 2.01. The summed E-state index contributed by atoms with van der Waals surface area (Å²) >= 11 is 1.66. The fourth-order valence-electron chi connectivity index (χ4n) is 1.12. The predicted octanol–water partition coefficient (Wildman–Crippen LogP) is 3.05. The van der Waals surface area contributed by atoms with Gasteiger partial charge in [0.2, 0.25) is 0 Å². The summed E-state index contributed by atoms with van der Waals surface area (Å²) in [6.07, 6.45) is 7.24. The highest BCUT2D eigenvalue weighted by molar-refractivity contribution is 7.11. The molecular formula is C11H9N2S. The zero-order valence-corrected chi connectivity index (χ0v) is 8.37. The molecule has 2 aromatic rings. The second-order valence-electron chi connectivity index (χ2n) is 2.71. The van der Waals surface area contributed by atoms with Gasteiger partial charge in [-0.15, -0.1) is 11.3 Å². The quantitative estimate of drug-likeness (QED) is 0.746. The molecule has 69 valence electrons. The Kier molecular flexibility index (Phi) is 2.70. The molecule has 0 bridgehead atoms. The van der Waals surface area contributed by atoms with Crippen LogP contribution in [0.25, 0.3) is 17.5 Å². The molecule has 2 heterocycles. The smallest absolute Gasteiger partial charge is 0.159 e. The van der Waals surface area contributed by atoms with E-state index in [1.54, 1.807) is 29.8 Å². The van der Waals surface area contributed by atoms with E-state index < -0.39 is 0 Å². The molecule has 2 rings (SSSR count). The molecule has 0 aliphatic rings. The van der Waals surface area contributed by atoms with Crippen molar-refractivity contribution in [2.75, 3.05) is 0 Å². The van der Waals surface area contributed by atoms with E-state index >= 15 is 0 Å². The number of thiophene rings is 1. The SMILES string of the molecule is [CH2]/C=C/c1cc(-c2ncccn2)cs1. The Morgan fingerprint density at radius 3 is 2.79 bits per heavy atom. The molecule has 0 fully saturated rings. The van der Waals surface area contributed by atoms with Gasteiger partial charge < -0.3 is 0 Å². The van der Waals surface area contributed by atoms with Gasteiger partial charge in [0.25, 0.3) is 0 Å². The second-order valence-corrected chi connectivity index (χ2v) is 3.66. The van der Waals surface area contributed by atoms with Crippen LogP contribution in [0, 0.1) is 6.92 Å². The van der Waals surface area contributed by atoms with Gasteiger partial charge in [-0.05, 0) is 25.1 Å². The van der Waals surface area contributed by atoms with Gasteiger partial charge in [-0.2, -0.15) is 0 Å². The Balaban J connectivity index is 2.34. The van der Waals surface area contributed by atoms with Gasteiger partial charge in [0.1, 0.15) is 0 Å². The number of hydrogen-bond donors (Lipinski definition) is 0. The standard InChI is InChI=1S/C11H9N2S/c1-2-4-10-7-9(8-14-10)11-12-5-3-6-13-11/h2-8H,1H2/b4-2+. The topological polar surface area (TPSA) is 25.8 Å². The van der Waals surface area contributed by atoms with Crippen molar-refractivity contribution in [3.8, 4) is 11.4 Å². The lowest BCUT2D eigenvalue weighted by Gasteiger charge is -1.91. The molecule has 0 saturated heterocycles. The fraction of sp³-hybridized carbons (Fsp3) is 0. The van der Waals surface area contributed by atoms with Crippen LogP contribution in [0.4, 0.5) is 0 Å². The summed E-state index contributed by atoms with van der Waals surface area (Å²) in [4.78, 5) is 9.53. The maximum Gasteiger partial charge on any atom is 0.159 e. The number of hydrogen-bond acceptors (Lipinski definition) is 3. The Hall–Kier alpha value is -1.48. The van der Waals surface area contributed by atoms with Gasteiger partial charge in [-0.3, -0.25) is 0 Å². The van der Waals surface area contributed by atoms with Crippen molar-refractivity contribution in [2.45, 2.75) is 0 Å². The molecule has 2 aromatic heterocycles. The van der Waals surface area contributed by atoms with Gasteiger partial charge in [0.15, 0.2) is 5.82 Å². The zero-order valence-electron chi connectivity index (χ0n) is 7.55. The molecule has 3 heteroatoms. The van der Waals surface area contributed by atoms with E-state index in [1.165, 1.54) is 4.88 Å². The third-order valence-corrected chi connectivity index (χ3v) is 2.62. The Labute approximate surface area is 87.0 Å². The molecule has 14 heavy (non-hydrogen) atoms. The van der Waals surface area contributed by atoms with Gasteiger partial charge >= 0.3 is 0 Å². The third-order valence-electron chi connectivity index (χ3n) is 1.73. The summed E-state index contributed by atoms with van der Waals surface area (Å²) in [5.74, 6) is 0.771. The monoisotopic (exact) mass is 201 g/mol. The molecule has 0 aliphatic carbocycles. The Morgan fingerprint density at radius 1 is 1.29 bits per heavy atom. The van der Waals surface area contributed by atoms with Crippen LogP contribution in [0.15, 0.2) is 36.0 Å². The van der Waals surface area contributed by atoms with Crippen molar-refractivity contribution >= 4 is 17.4 Å². The minimum Gasteiger partial charge on any atom is -0.237 e. The van der Waals surface area contributed by atoms with Gasteiger partial charge in [0, 0.05) is 28.2 Å². The van der Waals surface area contributed by atoms with Crippen LogP contribution in [-0.2, 0) is 0 Å². The second kappa shape index (κ2) is 4.15. The lowest BCUT2D eigenvalue weighted by molar-refractivity contribution is 1.18. The van der Waals surface area contributed by atoms with Gasteiger partial charge in [-0.25, -0.2) is 9.97 Å². The maximum atomic E-state index is 4.18. The first-order valence-corrected chi connectivity index (χ1v) is 5.10. The molecule has 0 aliphatic heterocycles. The lowest BCUT2D eigenvalue weighted by atomic mass is 10.3. The summed E-state index contributed by atoms with van der Waals surface area (Å²) in [5.41, 5.74) is 1.06. The van der Waals surface area contributed by atoms with E-state index in [0.717, 1.165) is 11.4 Å². The highest BCUT2D eigenvalue weighted by Crippen LogP contribution is 2.23. The van der Waals surface area contributed by atoms with E-state index in [-0.39, 0.29) is 0 Å². The molecule has 0 N–H and O–H groups in total. The van der Waals surface area contributed by atoms with Crippen molar-refractivity contribution < 1.29 is 0 Å². The van der Waals surface area contributed by atoms with Crippen LogP contribution in [0.2, 0.25) is 0 Å². The van der Waals surface area contributed by atoms with Crippen LogP contribution in [0.1, 0.15) is 4.88 Å². The molecule has 0 aromatic carbocycles. The first-order valence-electron chi connectivity index (χ1n) is 4.22. The molecule has 0 amide bonds. The number of aromatic nitrogens is 2. The van der Waals surface area contributed by atoms with Gasteiger partial charge in [0.05, 0.1) is 0 Å². The van der Waals surface area contributed by atoms with Crippen LogP contribution >= 0.6 is 11.3 Å². The first-order chi connectivity index (χ1) is 6.90.